The largest absolute Gasteiger partial charge is 0.398 e. The maximum atomic E-state index is 14.6. The SMILES string of the molecule is CC(=O)Nc1ccc(-c2cnc(C3(O)CCc4cc(-c5cc(Cl)ccc5N)cnc43)[nH]2)c(F)n1. The first kappa shape index (κ1) is 22.0. The Morgan fingerprint density at radius 1 is 1.21 bits per heavy atom. The number of hydrogen-bond acceptors (Lipinski definition) is 6. The fourth-order valence-corrected chi connectivity index (χ4v) is 4.39. The number of benzene rings is 1. The van der Waals surface area contributed by atoms with E-state index in [1.54, 1.807) is 24.4 Å². The topological polar surface area (TPSA) is 130 Å². The second kappa shape index (κ2) is 8.19. The van der Waals surface area contributed by atoms with Gasteiger partial charge >= 0.3 is 0 Å². The molecule has 0 radical (unpaired) electrons. The van der Waals surface area contributed by atoms with E-state index in [2.05, 4.69) is 25.3 Å². The van der Waals surface area contributed by atoms with Crippen LogP contribution in [-0.2, 0) is 16.8 Å². The van der Waals surface area contributed by atoms with E-state index < -0.39 is 11.5 Å². The summed E-state index contributed by atoms with van der Waals surface area (Å²) >= 11 is 6.13. The first-order valence-electron chi connectivity index (χ1n) is 10.5. The second-order valence-corrected chi connectivity index (χ2v) is 8.62. The summed E-state index contributed by atoms with van der Waals surface area (Å²) in [5.74, 6) is -0.757. The van der Waals surface area contributed by atoms with Gasteiger partial charge in [-0.25, -0.2) is 9.97 Å². The number of fused-ring (bicyclic) bond motifs is 1. The number of aromatic nitrogens is 4. The number of imidazole rings is 1. The number of hydrogen-bond donors (Lipinski definition) is 4. The molecule has 10 heteroatoms. The molecule has 1 aliphatic rings. The zero-order valence-electron chi connectivity index (χ0n) is 18.1. The predicted octanol–water partition coefficient (Wildman–Crippen LogP) is 4.05. The number of anilines is 2. The fraction of sp³-hybridized carbons (Fsp3) is 0.167. The average molecular weight is 479 g/mol. The average Bonchev–Trinajstić information content (AvgIpc) is 3.41. The number of halogens is 2. The van der Waals surface area contributed by atoms with E-state index in [1.807, 2.05) is 6.07 Å². The van der Waals surface area contributed by atoms with Gasteiger partial charge in [0.1, 0.15) is 11.6 Å². The fourth-order valence-electron chi connectivity index (χ4n) is 4.22. The minimum Gasteiger partial charge on any atom is -0.398 e. The number of H-pyrrole nitrogens is 1. The molecule has 0 bridgehead atoms. The van der Waals surface area contributed by atoms with Crippen LogP contribution in [0.2, 0.25) is 5.02 Å². The van der Waals surface area contributed by atoms with Crippen molar-refractivity contribution in [3.63, 3.8) is 0 Å². The van der Waals surface area contributed by atoms with Gasteiger partial charge in [0, 0.05) is 35.0 Å². The molecule has 1 aromatic carbocycles. The quantitative estimate of drug-likeness (QED) is 0.258. The molecule has 1 aliphatic carbocycles. The van der Waals surface area contributed by atoms with E-state index in [9.17, 15) is 14.3 Å². The van der Waals surface area contributed by atoms with Gasteiger partial charge in [-0.1, -0.05) is 11.6 Å². The van der Waals surface area contributed by atoms with Crippen LogP contribution in [0.25, 0.3) is 22.4 Å². The molecule has 0 spiro atoms. The number of carbonyl (C=O) groups excluding carboxylic acids is 1. The van der Waals surface area contributed by atoms with E-state index in [0.29, 0.717) is 34.9 Å². The Kier molecular flexibility index (Phi) is 5.30. The van der Waals surface area contributed by atoms with Gasteiger partial charge in [0.2, 0.25) is 11.9 Å². The number of nitrogen functional groups attached to an aromatic ring is 1. The highest BCUT2D eigenvalue weighted by Gasteiger charge is 2.42. The maximum absolute atomic E-state index is 14.6. The van der Waals surface area contributed by atoms with Crippen LogP contribution in [0.5, 0.6) is 0 Å². The maximum Gasteiger partial charge on any atom is 0.224 e. The van der Waals surface area contributed by atoms with Crippen LogP contribution in [-0.4, -0.2) is 30.9 Å². The van der Waals surface area contributed by atoms with E-state index in [4.69, 9.17) is 17.3 Å². The molecule has 3 heterocycles. The Hall–Kier alpha value is -3.82. The number of rotatable bonds is 4. The van der Waals surface area contributed by atoms with Gasteiger partial charge in [-0.15, -0.1) is 0 Å². The van der Waals surface area contributed by atoms with E-state index in [-0.39, 0.29) is 23.1 Å². The van der Waals surface area contributed by atoms with Crippen LogP contribution in [0.3, 0.4) is 0 Å². The summed E-state index contributed by atoms with van der Waals surface area (Å²) in [5, 5.41) is 14.5. The lowest BCUT2D eigenvalue weighted by molar-refractivity contribution is -0.114. The van der Waals surface area contributed by atoms with Crippen LogP contribution < -0.4 is 11.1 Å². The van der Waals surface area contributed by atoms with Crippen molar-refractivity contribution in [2.75, 3.05) is 11.1 Å². The molecule has 1 unspecified atom stereocenters. The van der Waals surface area contributed by atoms with Crippen LogP contribution in [0, 0.1) is 5.95 Å². The standard InChI is InChI=1S/C24H20ClFN6O2/c1-12(33)30-20-5-3-16(22(26)32-20)19-11-29-23(31-19)24(34)7-6-13-8-14(10-28-21(13)24)17-9-15(25)2-4-18(17)27/h2-5,8-11,34H,6-7,27H2,1H3,(H,29,31)(H,30,32,33). The lowest BCUT2D eigenvalue weighted by Crippen LogP contribution is -2.26. The number of amides is 1. The number of aliphatic hydroxyl groups is 1. The molecule has 0 aliphatic heterocycles. The summed E-state index contributed by atoms with van der Waals surface area (Å²) in [7, 11) is 0. The van der Waals surface area contributed by atoms with Crippen molar-refractivity contribution in [3.8, 4) is 22.4 Å². The number of pyridine rings is 2. The van der Waals surface area contributed by atoms with Crippen LogP contribution in [0.1, 0.15) is 30.4 Å². The third kappa shape index (κ3) is 3.78. The van der Waals surface area contributed by atoms with Gasteiger partial charge in [-0.05, 0) is 54.8 Å². The van der Waals surface area contributed by atoms with Crippen molar-refractivity contribution in [2.45, 2.75) is 25.4 Å². The second-order valence-electron chi connectivity index (χ2n) is 8.19. The Balaban J connectivity index is 1.47. The number of nitrogens with one attached hydrogen (secondary N) is 2. The Labute approximate surface area is 199 Å². The molecule has 172 valence electrons. The Bertz CT molecular complexity index is 1440. The smallest absolute Gasteiger partial charge is 0.224 e. The summed E-state index contributed by atoms with van der Waals surface area (Å²) in [4.78, 5) is 26.8. The van der Waals surface area contributed by atoms with Gasteiger partial charge in [-0.3, -0.25) is 9.78 Å². The number of nitrogens with two attached hydrogens (primary N) is 1. The highest BCUT2D eigenvalue weighted by Crippen LogP contribution is 2.42. The van der Waals surface area contributed by atoms with E-state index in [0.717, 1.165) is 16.7 Å². The summed E-state index contributed by atoms with van der Waals surface area (Å²) in [6.07, 6.45) is 4.01. The van der Waals surface area contributed by atoms with Gasteiger partial charge in [0.05, 0.1) is 23.1 Å². The third-order valence-electron chi connectivity index (χ3n) is 5.85. The van der Waals surface area contributed by atoms with Crippen LogP contribution in [0.4, 0.5) is 15.9 Å². The van der Waals surface area contributed by atoms with Gasteiger partial charge < -0.3 is 21.1 Å². The van der Waals surface area contributed by atoms with Crippen molar-refractivity contribution >= 4 is 29.0 Å². The summed E-state index contributed by atoms with van der Waals surface area (Å²) in [6, 6.07) is 10.2. The molecule has 5 rings (SSSR count). The number of aromatic amines is 1. The van der Waals surface area contributed by atoms with Gasteiger partial charge in [-0.2, -0.15) is 4.39 Å². The number of carbonyl (C=O) groups is 1. The van der Waals surface area contributed by atoms with Crippen LogP contribution in [0.15, 0.2) is 48.8 Å². The normalized spacial score (nSPS) is 16.9. The van der Waals surface area contributed by atoms with Crippen molar-refractivity contribution in [2.24, 2.45) is 0 Å². The van der Waals surface area contributed by atoms with Crippen molar-refractivity contribution in [1.29, 1.82) is 0 Å². The predicted molar refractivity (Wildman–Crippen MR) is 126 cm³/mol. The lowest BCUT2D eigenvalue weighted by atomic mass is 9.98. The molecule has 3 aromatic heterocycles. The molecule has 1 atom stereocenters. The zero-order chi connectivity index (χ0) is 24.0. The highest BCUT2D eigenvalue weighted by molar-refractivity contribution is 6.31. The minimum atomic E-state index is -1.45. The monoisotopic (exact) mass is 478 g/mol. The van der Waals surface area contributed by atoms with E-state index in [1.165, 1.54) is 25.3 Å². The molecule has 34 heavy (non-hydrogen) atoms. The molecule has 5 N–H and O–H groups in total. The van der Waals surface area contributed by atoms with Crippen LogP contribution >= 0.6 is 11.6 Å². The zero-order valence-corrected chi connectivity index (χ0v) is 18.8. The summed E-state index contributed by atoms with van der Waals surface area (Å²) < 4.78 is 14.6. The molecule has 8 nitrogen and oxygen atoms in total. The molecule has 0 saturated heterocycles. The van der Waals surface area contributed by atoms with Gasteiger partial charge in [0.25, 0.3) is 0 Å². The first-order valence-corrected chi connectivity index (χ1v) is 10.9. The highest BCUT2D eigenvalue weighted by atomic mass is 35.5. The summed E-state index contributed by atoms with van der Waals surface area (Å²) in [6.45, 7) is 1.32. The number of aryl methyl sites for hydroxylation is 1. The Morgan fingerprint density at radius 2 is 2.03 bits per heavy atom. The molecular weight excluding hydrogens is 459 g/mol. The molecule has 0 saturated carbocycles. The Morgan fingerprint density at radius 3 is 2.79 bits per heavy atom. The molecule has 0 fully saturated rings. The minimum absolute atomic E-state index is 0.109. The van der Waals surface area contributed by atoms with Crippen molar-refractivity contribution in [3.05, 3.63) is 76.8 Å². The van der Waals surface area contributed by atoms with Crippen molar-refractivity contribution in [1.82, 2.24) is 19.9 Å². The summed E-state index contributed by atoms with van der Waals surface area (Å²) in [5.41, 5.74) is 8.66. The molecule has 4 aromatic rings. The molecule has 1 amide bonds. The lowest BCUT2D eigenvalue weighted by Gasteiger charge is -2.20. The first-order chi connectivity index (χ1) is 16.2. The van der Waals surface area contributed by atoms with Gasteiger partial charge in [0.15, 0.2) is 5.60 Å². The number of nitrogens with zero attached hydrogens (tertiary/aromatic N) is 3. The molecular formula is C24H20ClFN6O2. The van der Waals surface area contributed by atoms with E-state index >= 15 is 0 Å². The van der Waals surface area contributed by atoms with Crippen molar-refractivity contribution < 1.29 is 14.3 Å². The third-order valence-corrected chi connectivity index (χ3v) is 6.09.